The predicted molar refractivity (Wildman–Crippen MR) is 146 cm³/mol. The minimum absolute atomic E-state index is 0.00265. The lowest BCUT2D eigenvalue weighted by Gasteiger charge is -2.20. The number of nitrogens with one attached hydrogen (secondary N) is 1. The highest BCUT2D eigenvalue weighted by atomic mass is 19.4. The Labute approximate surface area is 237 Å². The first kappa shape index (κ1) is 28.1. The van der Waals surface area contributed by atoms with Crippen LogP contribution in [0, 0.1) is 18.8 Å². The molecule has 212 valence electrons. The summed E-state index contributed by atoms with van der Waals surface area (Å²) in [4.78, 5) is 44.5. The first-order valence-electron chi connectivity index (χ1n) is 12.6. The van der Waals surface area contributed by atoms with Crippen molar-refractivity contribution in [3.8, 4) is 23.3 Å². The van der Waals surface area contributed by atoms with Gasteiger partial charge in [-0.2, -0.15) is 18.3 Å². The topological polar surface area (TPSA) is 106 Å². The van der Waals surface area contributed by atoms with Gasteiger partial charge < -0.3 is 15.0 Å². The molecule has 2 aromatic carbocycles. The summed E-state index contributed by atoms with van der Waals surface area (Å²) in [6.45, 7) is 1.23. The van der Waals surface area contributed by atoms with Gasteiger partial charge in [0.15, 0.2) is 5.69 Å². The van der Waals surface area contributed by atoms with E-state index in [0.717, 1.165) is 22.9 Å². The van der Waals surface area contributed by atoms with Crippen molar-refractivity contribution in [2.75, 3.05) is 18.6 Å². The van der Waals surface area contributed by atoms with E-state index < -0.39 is 40.7 Å². The van der Waals surface area contributed by atoms with Crippen molar-refractivity contribution < 1.29 is 27.5 Å². The number of amides is 2. The summed E-state index contributed by atoms with van der Waals surface area (Å²) in [5.74, 6) is 4.88. The van der Waals surface area contributed by atoms with Crippen LogP contribution in [0.2, 0.25) is 0 Å². The van der Waals surface area contributed by atoms with E-state index in [1.54, 1.807) is 36.7 Å². The Bertz CT molecular complexity index is 1810. The molecule has 0 fully saturated rings. The van der Waals surface area contributed by atoms with Crippen LogP contribution in [0.25, 0.3) is 5.69 Å². The summed E-state index contributed by atoms with van der Waals surface area (Å²) in [5.41, 5.74) is -0.303. The van der Waals surface area contributed by atoms with Crippen molar-refractivity contribution >= 4 is 17.5 Å². The standard InChI is InChI=1S/C30H22F3N5O4/c1-18-13-25(39)27(36-38(18)22-7-3-6-21(15-22)30(31,32)33)28(40)35-23-17-42-26-11-10-19(14-24(26)37(2)29(23)41)8-9-20-5-4-12-34-16-20/h3-7,10-16,23H,17H2,1-2H3,(H,35,40)/t23-/m0/s1. The van der Waals surface area contributed by atoms with Crippen LogP contribution in [-0.4, -0.2) is 46.3 Å². The number of halogens is 3. The maximum absolute atomic E-state index is 13.3. The Morgan fingerprint density at radius 1 is 1.05 bits per heavy atom. The van der Waals surface area contributed by atoms with Gasteiger partial charge >= 0.3 is 6.18 Å². The smallest absolute Gasteiger partial charge is 0.416 e. The van der Waals surface area contributed by atoms with E-state index in [9.17, 15) is 27.6 Å². The van der Waals surface area contributed by atoms with Crippen molar-refractivity contribution in [1.82, 2.24) is 20.1 Å². The SMILES string of the molecule is Cc1cc(=O)c(C(=O)N[C@H]2COc3ccc(C#Cc4cccnc4)cc3N(C)C2=O)nn1-c1cccc(C(F)(F)F)c1. The van der Waals surface area contributed by atoms with Gasteiger partial charge in [0, 0.05) is 42.3 Å². The van der Waals surface area contributed by atoms with Crippen LogP contribution >= 0.6 is 0 Å². The number of likely N-dealkylation sites (N-methyl/N-ethyl adjacent to an activating group) is 1. The number of nitrogens with zero attached hydrogens (tertiary/aromatic N) is 4. The second-order valence-corrected chi connectivity index (χ2v) is 9.37. The van der Waals surface area contributed by atoms with Crippen molar-refractivity contribution in [3.05, 3.63) is 111 Å². The molecule has 1 N–H and O–H groups in total. The maximum atomic E-state index is 13.3. The molecule has 5 rings (SSSR count). The molecule has 2 aromatic heterocycles. The van der Waals surface area contributed by atoms with Gasteiger partial charge in [0.1, 0.15) is 18.4 Å². The van der Waals surface area contributed by atoms with Gasteiger partial charge in [0.25, 0.3) is 11.8 Å². The second kappa shape index (κ2) is 11.2. The van der Waals surface area contributed by atoms with Crippen LogP contribution in [0.4, 0.5) is 18.9 Å². The third kappa shape index (κ3) is 5.85. The van der Waals surface area contributed by atoms with Gasteiger partial charge in [-0.1, -0.05) is 17.9 Å². The lowest BCUT2D eigenvalue weighted by atomic mass is 10.1. The highest BCUT2D eigenvalue weighted by Gasteiger charge is 2.33. The summed E-state index contributed by atoms with van der Waals surface area (Å²) in [5, 5.41) is 6.51. The Morgan fingerprint density at radius 2 is 1.83 bits per heavy atom. The molecule has 1 aliphatic heterocycles. The fourth-order valence-corrected chi connectivity index (χ4v) is 4.27. The number of pyridine rings is 1. The number of hydrogen-bond donors (Lipinski definition) is 1. The summed E-state index contributed by atoms with van der Waals surface area (Å²) < 4.78 is 46.6. The fraction of sp³-hybridized carbons (Fsp3) is 0.167. The van der Waals surface area contributed by atoms with E-state index in [1.165, 1.54) is 31.0 Å². The van der Waals surface area contributed by atoms with Crippen LogP contribution in [0.5, 0.6) is 5.75 Å². The minimum Gasteiger partial charge on any atom is -0.489 e. The number of fused-ring (bicyclic) bond motifs is 1. The van der Waals surface area contributed by atoms with Crippen LogP contribution in [0.3, 0.4) is 0 Å². The number of benzene rings is 2. The van der Waals surface area contributed by atoms with Gasteiger partial charge in [-0.05, 0) is 55.5 Å². The number of rotatable bonds is 3. The van der Waals surface area contributed by atoms with Crippen molar-refractivity contribution in [2.24, 2.45) is 0 Å². The number of alkyl halides is 3. The van der Waals surface area contributed by atoms with E-state index in [1.807, 2.05) is 6.07 Å². The number of carbonyl (C=O) groups is 2. The largest absolute Gasteiger partial charge is 0.489 e. The Balaban J connectivity index is 1.38. The average molecular weight is 574 g/mol. The first-order chi connectivity index (χ1) is 20.0. The first-order valence-corrected chi connectivity index (χ1v) is 12.6. The zero-order chi connectivity index (χ0) is 30.0. The molecule has 42 heavy (non-hydrogen) atoms. The van der Waals surface area contributed by atoms with E-state index >= 15 is 0 Å². The molecule has 9 nitrogen and oxygen atoms in total. The molecular formula is C30H22F3N5O4. The Hall–Kier alpha value is -5.44. The third-order valence-electron chi connectivity index (χ3n) is 6.41. The molecule has 2 amide bonds. The summed E-state index contributed by atoms with van der Waals surface area (Å²) in [6, 6.07) is 12.9. The van der Waals surface area contributed by atoms with E-state index in [0.29, 0.717) is 22.6 Å². The van der Waals surface area contributed by atoms with E-state index in [-0.39, 0.29) is 18.0 Å². The molecular weight excluding hydrogens is 551 g/mol. The quantitative estimate of drug-likeness (QED) is 0.376. The Kier molecular flexibility index (Phi) is 7.50. The molecule has 0 radical (unpaired) electrons. The summed E-state index contributed by atoms with van der Waals surface area (Å²) in [6.07, 6.45) is -1.33. The minimum atomic E-state index is -4.60. The van der Waals surface area contributed by atoms with Gasteiger partial charge in [0.05, 0.1) is 16.9 Å². The molecule has 3 heterocycles. The number of hydrogen-bond acceptors (Lipinski definition) is 6. The van der Waals surface area contributed by atoms with Gasteiger partial charge in [-0.3, -0.25) is 19.4 Å². The predicted octanol–water partition coefficient (Wildman–Crippen LogP) is 3.51. The van der Waals surface area contributed by atoms with Crippen LogP contribution in [0.15, 0.2) is 77.9 Å². The van der Waals surface area contributed by atoms with Crippen molar-refractivity contribution in [3.63, 3.8) is 0 Å². The molecule has 0 aliphatic carbocycles. The highest BCUT2D eigenvalue weighted by Crippen LogP contribution is 2.32. The number of aromatic nitrogens is 3. The molecule has 0 unspecified atom stereocenters. The molecule has 0 saturated carbocycles. The molecule has 0 bridgehead atoms. The monoisotopic (exact) mass is 573 g/mol. The molecule has 1 aliphatic rings. The molecule has 0 saturated heterocycles. The second-order valence-electron chi connectivity index (χ2n) is 9.37. The third-order valence-corrected chi connectivity index (χ3v) is 6.41. The number of carbonyl (C=O) groups excluding carboxylic acids is 2. The lowest BCUT2D eigenvalue weighted by molar-refractivity contribution is -0.137. The number of anilines is 1. The number of aryl methyl sites for hydroxylation is 1. The van der Waals surface area contributed by atoms with E-state index in [2.05, 4.69) is 27.2 Å². The van der Waals surface area contributed by atoms with E-state index in [4.69, 9.17) is 4.74 Å². The number of ether oxygens (including phenoxy) is 1. The maximum Gasteiger partial charge on any atom is 0.416 e. The van der Waals surface area contributed by atoms with Crippen molar-refractivity contribution in [1.29, 1.82) is 0 Å². The zero-order valence-electron chi connectivity index (χ0n) is 22.3. The summed E-state index contributed by atoms with van der Waals surface area (Å²) in [7, 11) is 1.51. The zero-order valence-corrected chi connectivity index (χ0v) is 22.3. The van der Waals surface area contributed by atoms with Gasteiger partial charge in [0.2, 0.25) is 5.43 Å². The van der Waals surface area contributed by atoms with Crippen molar-refractivity contribution in [2.45, 2.75) is 19.1 Å². The lowest BCUT2D eigenvalue weighted by Crippen LogP contribution is -2.50. The van der Waals surface area contributed by atoms with Crippen LogP contribution in [-0.2, 0) is 11.0 Å². The average Bonchev–Trinajstić information content (AvgIpc) is 3.08. The molecule has 1 atom stereocenters. The molecule has 0 spiro atoms. The van der Waals surface area contributed by atoms with Crippen LogP contribution < -0.4 is 20.4 Å². The highest BCUT2D eigenvalue weighted by molar-refractivity contribution is 6.02. The van der Waals surface area contributed by atoms with Gasteiger partial charge in [-0.25, -0.2) is 4.68 Å². The normalized spacial score (nSPS) is 14.6. The summed E-state index contributed by atoms with van der Waals surface area (Å²) >= 11 is 0. The van der Waals surface area contributed by atoms with Gasteiger partial charge in [-0.15, -0.1) is 0 Å². The fourth-order valence-electron chi connectivity index (χ4n) is 4.27. The molecule has 12 heteroatoms. The Morgan fingerprint density at radius 3 is 2.57 bits per heavy atom. The van der Waals surface area contributed by atoms with Crippen LogP contribution in [0.1, 0.15) is 32.9 Å². The molecule has 4 aromatic rings.